The lowest BCUT2D eigenvalue weighted by atomic mass is 9.78. The van der Waals surface area contributed by atoms with Crippen LogP contribution in [0.4, 0.5) is 0 Å². The van der Waals surface area contributed by atoms with Crippen LogP contribution in [0, 0.1) is 0 Å². The maximum absolute atomic E-state index is 5.94. The van der Waals surface area contributed by atoms with Crippen molar-refractivity contribution in [3.63, 3.8) is 0 Å². The van der Waals surface area contributed by atoms with Gasteiger partial charge in [-0.2, -0.15) is 0 Å². The number of alkyl halides is 2. The summed E-state index contributed by atoms with van der Waals surface area (Å²) < 4.78 is 5.94. The van der Waals surface area contributed by atoms with E-state index in [9.17, 15) is 0 Å². The average molecular weight is 371 g/mol. The van der Waals surface area contributed by atoms with E-state index in [1.54, 1.807) is 0 Å². The number of ether oxygens (including phenoxy) is 1. The smallest absolute Gasteiger partial charge is 0.0610 e. The number of hydrogen-bond acceptors (Lipinski definition) is 2. The highest BCUT2D eigenvalue weighted by molar-refractivity contribution is 9.09. The van der Waals surface area contributed by atoms with Gasteiger partial charge < -0.3 is 4.74 Å². The molecule has 0 bridgehead atoms. The lowest BCUT2D eigenvalue weighted by Gasteiger charge is -2.55. The molecule has 2 nitrogen and oxygen atoms in total. The van der Waals surface area contributed by atoms with Gasteiger partial charge in [0, 0.05) is 28.3 Å². The SMILES string of the molecule is CC1(C)CC(OCCBr)CC(C)(C)N1CCBr. The summed E-state index contributed by atoms with van der Waals surface area (Å²) in [6.45, 7) is 11.3. The Bertz CT molecular complexity index is 226. The lowest BCUT2D eigenvalue weighted by molar-refractivity contribution is -0.0979. The minimum absolute atomic E-state index is 0.215. The first-order valence-electron chi connectivity index (χ1n) is 6.35. The minimum atomic E-state index is 0.215. The van der Waals surface area contributed by atoms with Gasteiger partial charge in [0.25, 0.3) is 0 Å². The lowest BCUT2D eigenvalue weighted by Crippen LogP contribution is -2.62. The van der Waals surface area contributed by atoms with Gasteiger partial charge in [-0.1, -0.05) is 31.9 Å². The Morgan fingerprint density at radius 3 is 2.00 bits per heavy atom. The summed E-state index contributed by atoms with van der Waals surface area (Å²) in [4.78, 5) is 2.61. The first kappa shape index (κ1) is 15.9. The van der Waals surface area contributed by atoms with Crippen molar-refractivity contribution in [1.82, 2.24) is 4.90 Å². The predicted octanol–water partition coefficient (Wildman–Crippen LogP) is 3.81. The van der Waals surface area contributed by atoms with Crippen LogP contribution in [0.2, 0.25) is 0 Å². The number of piperidine rings is 1. The van der Waals surface area contributed by atoms with Crippen LogP contribution < -0.4 is 0 Å². The van der Waals surface area contributed by atoms with E-state index in [0.29, 0.717) is 6.10 Å². The van der Waals surface area contributed by atoms with Crippen molar-refractivity contribution in [2.24, 2.45) is 0 Å². The molecule has 0 atom stereocenters. The van der Waals surface area contributed by atoms with Crippen LogP contribution in [0.3, 0.4) is 0 Å². The second-order valence-corrected chi connectivity index (χ2v) is 7.64. The third-order valence-electron chi connectivity index (χ3n) is 3.65. The number of likely N-dealkylation sites (tertiary alicyclic amines) is 1. The highest BCUT2D eigenvalue weighted by Crippen LogP contribution is 2.39. The van der Waals surface area contributed by atoms with Crippen molar-refractivity contribution >= 4 is 31.9 Å². The second kappa shape index (κ2) is 6.36. The Kier molecular flexibility index (Phi) is 5.96. The van der Waals surface area contributed by atoms with Crippen molar-refractivity contribution in [2.45, 2.75) is 57.7 Å². The molecule has 0 aromatic rings. The molecule has 1 heterocycles. The van der Waals surface area contributed by atoms with Gasteiger partial charge in [0.05, 0.1) is 12.7 Å². The average Bonchev–Trinajstić information content (AvgIpc) is 2.19. The van der Waals surface area contributed by atoms with Gasteiger partial charge in [-0.15, -0.1) is 0 Å². The standard InChI is InChI=1S/C13H25Br2NO/c1-12(2)9-11(17-8-6-15)10-13(3,4)16(12)7-5-14/h11H,5-10H2,1-4H3. The molecule has 1 saturated heterocycles. The van der Waals surface area contributed by atoms with Gasteiger partial charge in [0.1, 0.15) is 0 Å². The van der Waals surface area contributed by atoms with E-state index < -0.39 is 0 Å². The molecule has 0 aromatic carbocycles. The molecule has 0 N–H and O–H groups in total. The maximum Gasteiger partial charge on any atom is 0.0610 e. The fraction of sp³-hybridized carbons (Fsp3) is 1.00. The third-order valence-corrected chi connectivity index (χ3v) is 4.33. The van der Waals surface area contributed by atoms with E-state index in [0.717, 1.165) is 36.7 Å². The fourth-order valence-electron chi connectivity index (χ4n) is 3.25. The molecule has 1 aliphatic heterocycles. The summed E-state index contributed by atoms with van der Waals surface area (Å²) in [6, 6.07) is 0. The summed E-state index contributed by atoms with van der Waals surface area (Å²) in [5, 5.41) is 1.96. The minimum Gasteiger partial charge on any atom is -0.377 e. The Hall–Kier alpha value is 0.880. The first-order valence-corrected chi connectivity index (χ1v) is 8.59. The van der Waals surface area contributed by atoms with Crippen LogP contribution in [0.5, 0.6) is 0 Å². The van der Waals surface area contributed by atoms with Gasteiger partial charge in [-0.3, -0.25) is 4.90 Å². The van der Waals surface area contributed by atoms with Gasteiger partial charge in [0.2, 0.25) is 0 Å². The molecule has 0 radical (unpaired) electrons. The highest BCUT2D eigenvalue weighted by Gasteiger charge is 2.44. The van der Waals surface area contributed by atoms with Crippen LogP contribution >= 0.6 is 31.9 Å². The molecule has 0 saturated carbocycles. The van der Waals surface area contributed by atoms with E-state index in [1.807, 2.05) is 0 Å². The van der Waals surface area contributed by atoms with Crippen molar-refractivity contribution in [3.8, 4) is 0 Å². The first-order chi connectivity index (χ1) is 7.83. The topological polar surface area (TPSA) is 12.5 Å². The van der Waals surface area contributed by atoms with E-state index in [4.69, 9.17) is 4.74 Å². The van der Waals surface area contributed by atoms with Crippen LogP contribution in [-0.4, -0.2) is 45.9 Å². The summed E-state index contributed by atoms with van der Waals surface area (Å²) in [5.41, 5.74) is 0.430. The van der Waals surface area contributed by atoms with E-state index in [2.05, 4.69) is 64.5 Å². The monoisotopic (exact) mass is 369 g/mol. The second-order valence-electron chi connectivity index (χ2n) is 6.06. The van der Waals surface area contributed by atoms with Crippen LogP contribution in [0.15, 0.2) is 0 Å². The molecular formula is C13H25Br2NO. The molecule has 0 aliphatic carbocycles. The van der Waals surface area contributed by atoms with Crippen molar-refractivity contribution < 1.29 is 4.74 Å². The summed E-state index contributed by atoms with van der Waals surface area (Å²) in [5.74, 6) is 0. The maximum atomic E-state index is 5.94. The highest BCUT2D eigenvalue weighted by atomic mass is 79.9. The molecular weight excluding hydrogens is 346 g/mol. The summed E-state index contributed by atoms with van der Waals surface area (Å²) >= 11 is 6.99. The third kappa shape index (κ3) is 4.19. The Morgan fingerprint density at radius 2 is 1.59 bits per heavy atom. The number of nitrogens with zero attached hydrogens (tertiary/aromatic N) is 1. The summed E-state index contributed by atoms with van der Waals surface area (Å²) in [7, 11) is 0. The largest absolute Gasteiger partial charge is 0.377 e. The van der Waals surface area contributed by atoms with Crippen molar-refractivity contribution in [3.05, 3.63) is 0 Å². The molecule has 0 spiro atoms. The predicted molar refractivity (Wildman–Crippen MR) is 81.4 cm³/mol. The van der Waals surface area contributed by atoms with Crippen LogP contribution in [-0.2, 0) is 4.74 Å². The summed E-state index contributed by atoms with van der Waals surface area (Å²) in [6.07, 6.45) is 2.64. The van der Waals surface area contributed by atoms with Gasteiger partial charge >= 0.3 is 0 Å². The molecule has 1 aliphatic rings. The normalized spacial score (nSPS) is 25.1. The number of hydrogen-bond donors (Lipinski definition) is 0. The molecule has 0 amide bonds. The molecule has 17 heavy (non-hydrogen) atoms. The van der Waals surface area contributed by atoms with Crippen molar-refractivity contribution in [1.29, 1.82) is 0 Å². The van der Waals surface area contributed by atoms with Gasteiger partial charge in [-0.05, 0) is 40.5 Å². The zero-order chi connectivity index (χ0) is 13.1. The molecule has 0 unspecified atom stereocenters. The molecule has 1 rings (SSSR count). The zero-order valence-electron chi connectivity index (χ0n) is 11.4. The molecule has 1 fully saturated rings. The quantitative estimate of drug-likeness (QED) is 0.682. The molecule has 4 heteroatoms. The number of rotatable bonds is 5. The van der Waals surface area contributed by atoms with Gasteiger partial charge in [0.15, 0.2) is 0 Å². The van der Waals surface area contributed by atoms with Gasteiger partial charge in [-0.25, -0.2) is 0 Å². The van der Waals surface area contributed by atoms with Crippen LogP contribution in [0.1, 0.15) is 40.5 Å². The van der Waals surface area contributed by atoms with E-state index in [1.165, 1.54) is 0 Å². The zero-order valence-corrected chi connectivity index (χ0v) is 14.6. The van der Waals surface area contributed by atoms with E-state index >= 15 is 0 Å². The Labute approximate surface area is 123 Å². The molecule has 0 aromatic heterocycles. The molecule has 102 valence electrons. The number of halogens is 2. The Balaban J connectivity index is 2.73. The Morgan fingerprint density at radius 1 is 1.06 bits per heavy atom. The van der Waals surface area contributed by atoms with E-state index in [-0.39, 0.29) is 11.1 Å². The fourth-order valence-corrected chi connectivity index (χ4v) is 3.79. The van der Waals surface area contributed by atoms with Crippen molar-refractivity contribution in [2.75, 3.05) is 23.8 Å². The van der Waals surface area contributed by atoms with Crippen LogP contribution in [0.25, 0.3) is 0 Å².